The van der Waals surface area contributed by atoms with E-state index in [0.29, 0.717) is 18.6 Å². The van der Waals surface area contributed by atoms with Crippen molar-refractivity contribution in [2.24, 2.45) is 0 Å². The van der Waals surface area contributed by atoms with Crippen molar-refractivity contribution in [1.82, 2.24) is 15.0 Å². The Balaban J connectivity index is 1.95. The quantitative estimate of drug-likeness (QED) is 0.864. The van der Waals surface area contributed by atoms with E-state index in [0.717, 1.165) is 42.4 Å². The van der Waals surface area contributed by atoms with E-state index in [9.17, 15) is 4.79 Å². The molecule has 0 aliphatic carbocycles. The lowest BCUT2D eigenvalue weighted by atomic mass is 10.1. The number of piperidine rings is 1. The fraction of sp³-hybridized carbons (Fsp3) is 0.375. The minimum absolute atomic E-state index is 0.337. The molecule has 1 saturated heterocycles. The van der Waals surface area contributed by atoms with Crippen molar-refractivity contribution in [2.75, 3.05) is 18.0 Å². The second kappa shape index (κ2) is 5.99. The van der Waals surface area contributed by atoms with E-state index in [1.54, 1.807) is 6.20 Å². The molecule has 1 fully saturated rings. The molecule has 0 atom stereocenters. The number of nitrogens with zero attached hydrogens (tertiary/aromatic N) is 4. The van der Waals surface area contributed by atoms with Crippen LogP contribution >= 0.6 is 0 Å². The van der Waals surface area contributed by atoms with Crippen molar-refractivity contribution >= 4 is 11.6 Å². The van der Waals surface area contributed by atoms with Crippen molar-refractivity contribution in [3.05, 3.63) is 36.4 Å². The molecule has 0 spiro atoms. The molecule has 1 aliphatic heterocycles. The molecule has 21 heavy (non-hydrogen) atoms. The number of carbonyl (C=O) groups is 1. The van der Waals surface area contributed by atoms with E-state index in [4.69, 9.17) is 0 Å². The normalized spacial score (nSPS) is 15.3. The first-order valence-corrected chi connectivity index (χ1v) is 7.31. The van der Waals surface area contributed by atoms with Crippen LogP contribution in [0.25, 0.3) is 11.3 Å². The summed E-state index contributed by atoms with van der Waals surface area (Å²) in [6, 6.07) is 5.90. The van der Waals surface area contributed by atoms with Gasteiger partial charge in [-0.3, -0.25) is 9.78 Å². The summed E-state index contributed by atoms with van der Waals surface area (Å²) in [7, 11) is 0. The summed E-state index contributed by atoms with van der Waals surface area (Å²) in [5.74, 6) is 2.07. The molecule has 108 valence electrons. The van der Waals surface area contributed by atoms with E-state index < -0.39 is 0 Å². The van der Waals surface area contributed by atoms with Crippen LogP contribution in [-0.4, -0.2) is 33.8 Å². The number of hydrogen-bond donors (Lipinski definition) is 0. The minimum atomic E-state index is 0.337. The first kappa shape index (κ1) is 13.7. The number of aromatic nitrogens is 3. The largest absolute Gasteiger partial charge is 0.356 e. The predicted molar refractivity (Wildman–Crippen MR) is 81.1 cm³/mol. The molecule has 0 aromatic carbocycles. The molecular weight excluding hydrogens is 264 g/mol. The van der Waals surface area contributed by atoms with Crippen LogP contribution in [0, 0.1) is 0 Å². The Morgan fingerprint density at radius 3 is 2.71 bits per heavy atom. The molecule has 2 aromatic rings. The Bertz CT molecular complexity index is 632. The van der Waals surface area contributed by atoms with Gasteiger partial charge in [0.1, 0.15) is 17.4 Å². The van der Waals surface area contributed by atoms with Gasteiger partial charge in [-0.05, 0) is 12.1 Å². The summed E-state index contributed by atoms with van der Waals surface area (Å²) in [6.07, 6.45) is 5.56. The number of anilines is 1. The lowest BCUT2D eigenvalue weighted by Crippen LogP contribution is -2.34. The Kier molecular flexibility index (Phi) is 3.90. The van der Waals surface area contributed by atoms with Crippen molar-refractivity contribution < 1.29 is 4.79 Å². The zero-order valence-corrected chi connectivity index (χ0v) is 12.1. The molecule has 2 aromatic heterocycles. The summed E-state index contributed by atoms with van der Waals surface area (Å²) >= 11 is 0. The number of hydrogen-bond acceptors (Lipinski definition) is 5. The maximum absolute atomic E-state index is 11.4. The fourth-order valence-corrected chi connectivity index (χ4v) is 2.45. The summed E-state index contributed by atoms with van der Waals surface area (Å²) in [6.45, 7) is 3.53. The highest BCUT2D eigenvalue weighted by Gasteiger charge is 2.18. The van der Waals surface area contributed by atoms with Crippen LogP contribution in [0.2, 0.25) is 0 Å². The van der Waals surface area contributed by atoms with Crippen molar-refractivity contribution in [3.8, 4) is 11.3 Å². The van der Waals surface area contributed by atoms with Crippen LogP contribution in [0.5, 0.6) is 0 Å². The van der Waals surface area contributed by atoms with Gasteiger partial charge < -0.3 is 4.90 Å². The molecule has 0 amide bonds. The molecule has 0 N–H and O–H groups in total. The average molecular weight is 282 g/mol. The Labute approximate surface area is 124 Å². The third-order valence-electron chi connectivity index (χ3n) is 3.68. The van der Waals surface area contributed by atoms with Crippen LogP contribution in [0.3, 0.4) is 0 Å². The van der Waals surface area contributed by atoms with E-state index in [1.165, 1.54) is 0 Å². The van der Waals surface area contributed by atoms with Crippen LogP contribution in [-0.2, 0) is 11.2 Å². The molecule has 3 heterocycles. The molecule has 0 saturated carbocycles. The molecule has 5 nitrogen and oxygen atoms in total. The number of Topliss-reactive ketones (excluding diaryl/α,β-unsaturated/α-hetero) is 1. The van der Waals surface area contributed by atoms with E-state index in [1.807, 2.05) is 31.3 Å². The average Bonchev–Trinajstić information content (AvgIpc) is 2.56. The van der Waals surface area contributed by atoms with Gasteiger partial charge in [0.25, 0.3) is 0 Å². The maximum Gasteiger partial charge on any atom is 0.136 e. The third-order valence-corrected chi connectivity index (χ3v) is 3.68. The standard InChI is InChI=1S/C16H18N4O/c1-2-15-18-14(12-4-3-7-17-11-12)10-16(19-15)20-8-5-13(21)6-9-20/h3-4,7,10-11H,2,5-6,8-9H2,1H3. The molecule has 3 rings (SSSR count). The van der Waals surface area contributed by atoms with Gasteiger partial charge in [0.2, 0.25) is 0 Å². The lowest BCUT2D eigenvalue weighted by molar-refractivity contribution is -0.119. The zero-order valence-electron chi connectivity index (χ0n) is 12.1. The number of rotatable bonds is 3. The minimum Gasteiger partial charge on any atom is -0.356 e. The van der Waals surface area contributed by atoms with Gasteiger partial charge in [-0.1, -0.05) is 6.92 Å². The SMILES string of the molecule is CCc1nc(-c2cccnc2)cc(N2CCC(=O)CC2)n1. The molecule has 0 radical (unpaired) electrons. The van der Waals surface area contributed by atoms with Crippen molar-refractivity contribution in [3.63, 3.8) is 0 Å². The molecule has 0 bridgehead atoms. The van der Waals surface area contributed by atoms with Gasteiger partial charge in [-0.15, -0.1) is 0 Å². The van der Waals surface area contributed by atoms with E-state index >= 15 is 0 Å². The summed E-state index contributed by atoms with van der Waals surface area (Å²) < 4.78 is 0. The van der Waals surface area contributed by atoms with Gasteiger partial charge in [0, 0.05) is 56.4 Å². The van der Waals surface area contributed by atoms with Gasteiger partial charge in [-0.25, -0.2) is 9.97 Å². The van der Waals surface area contributed by atoms with Gasteiger partial charge >= 0.3 is 0 Å². The Hall–Kier alpha value is -2.30. The van der Waals surface area contributed by atoms with Crippen LogP contribution < -0.4 is 4.90 Å². The smallest absolute Gasteiger partial charge is 0.136 e. The summed E-state index contributed by atoms with van der Waals surface area (Å²) in [5.41, 5.74) is 1.88. The number of aryl methyl sites for hydroxylation is 1. The highest BCUT2D eigenvalue weighted by molar-refractivity contribution is 5.81. The van der Waals surface area contributed by atoms with E-state index in [2.05, 4.69) is 19.9 Å². The zero-order chi connectivity index (χ0) is 14.7. The number of ketones is 1. The van der Waals surface area contributed by atoms with Crippen molar-refractivity contribution in [1.29, 1.82) is 0 Å². The monoisotopic (exact) mass is 282 g/mol. The molecular formula is C16H18N4O. The Morgan fingerprint density at radius 2 is 2.05 bits per heavy atom. The van der Waals surface area contributed by atoms with Crippen molar-refractivity contribution in [2.45, 2.75) is 26.2 Å². The first-order chi connectivity index (χ1) is 10.3. The third kappa shape index (κ3) is 3.07. The number of carbonyl (C=O) groups excluding carboxylic acids is 1. The summed E-state index contributed by atoms with van der Waals surface area (Å²) in [5, 5.41) is 0. The fourth-order valence-electron chi connectivity index (χ4n) is 2.45. The van der Waals surface area contributed by atoms with E-state index in [-0.39, 0.29) is 0 Å². The van der Waals surface area contributed by atoms with Gasteiger partial charge in [0.15, 0.2) is 0 Å². The van der Waals surface area contributed by atoms with Crippen LogP contribution in [0.15, 0.2) is 30.6 Å². The molecule has 1 aliphatic rings. The van der Waals surface area contributed by atoms with Crippen LogP contribution in [0.4, 0.5) is 5.82 Å². The molecule has 5 heteroatoms. The van der Waals surface area contributed by atoms with Gasteiger partial charge in [-0.2, -0.15) is 0 Å². The predicted octanol–water partition coefficient (Wildman–Crippen LogP) is 2.27. The first-order valence-electron chi connectivity index (χ1n) is 7.31. The second-order valence-corrected chi connectivity index (χ2v) is 5.15. The van der Waals surface area contributed by atoms with Crippen LogP contribution in [0.1, 0.15) is 25.6 Å². The lowest BCUT2D eigenvalue weighted by Gasteiger charge is -2.27. The Morgan fingerprint density at radius 1 is 1.24 bits per heavy atom. The highest BCUT2D eigenvalue weighted by atomic mass is 16.1. The highest BCUT2D eigenvalue weighted by Crippen LogP contribution is 2.23. The van der Waals surface area contributed by atoms with Gasteiger partial charge in [0.05, 0.1) is 5.69 Å². The topological polar surface area (TPSA) is 59.0 Å². The maximum atomic E-state index is 11.4. The molecule has 0 unspecified atom stereocenters. The number of pyridine rings is 1. The summed E-state index contributed by atoms with van der Waals surface area (Å²) in [4.78, 5) is 26.9. The second-order valence-electron chi connectivity index (χ2n) is 5.15.